The first-order valence-corrected chi connectivity index (χ1v) is 39.4. The van der Waals surface area contributed by atoms with Crippen LogP contribution < -0.4 is 5.32 Å². The van der Waals surface area contributed by atoms with E-state index in [1.807, 2.05) is 0 Å². The van der Waals surface area contributed by atoms with Crippen LogP contribution in [-0.4, -0.2) is 193 Å². The second-order valence-electron chi connectivity index (χ2n) is 28.5. The number of rotatable bonds is 63. The van der Waals surface area contributed by atoms with Crippen molar-refractivity contribution in [3.05, 3.63) is 12.2 Å². The van der Waals surface area contributed by atoms with Gasteiger partial charge in [-0.3, -0.25) is 4.79 Å². The van der Waals surface area contributed by atoms with Crippen LogP contribution in [0.25, 0.3) is 0 Å². The molecule has 562 valence electrons. The predicted octanol–water partition coefficient (Wildman–Crippen LogP) is 12.4. The van der Waals surface area contributed by atoms with Crippen LogP contribution in [0.5, 0.6) is 0 Å². The fourth-order valence-electron chi connectivity index (χ4n) is 13.7. The third-order valence-electron chi connectivity index (χ3n) is 20.1. The summed E-state index contributed by atoms with van der Waals surface area (Å²) in [6.45, 7) is 1.85. The Morgan fingerprint density at radius 1 is 0.368 bits per heavy atom. The number of amides is 1. The molecule has 3 aliphatic heterocycles. The largest absolute Gasteiger partial charge is 0.394 e. The molecule has 0 saturated carbocycles. The summed E-state index contributed by atoms with van der Waals surface area (Å²) in [4.78, 5) is 13.5. The number of ether oxygens (including phenoxy) is 6. The van der Waals surface area contributed by atoms with E-state index in [-0.39, 0.29) is 18.9 Å². The highest BCUT2D eigenvalue weighted by Crippen LogP contribution is 2.33. The Hall–Kier alpha value is -1.47. The molecule has 0 radical (unpaired) electrons. The van der Waals surface area contributed by atoms with Gasteiger partial charge in [-0.2, -0.15) is 0 Å². The lowest BCUT2D eigenvalue weighted by molar-refractivity contribution is -0.379. The second kappa shape index (κ2) is 58.1. The molecule has 0 aromatic heterocycles. The number of hydrogen-bond acceptors (Lipinski definition) is 18. The number of carbonyl (C=O) groups excluding carboxylic acids is 1. The van der Waals surface area contributed by atoms with Crippen molar-refractivity contribution in [3.63, 3.8) is 0 Å². The Kier molecular flexibility index (Phi) is 53.6. The first kappa shape index (κ1) is 87.7. The van der Waals surface area contributed by atoms with Gasteiger partial charge in [0.25, 0.3) is 0 Å². The zero-order chi connectivity index (χ0) is 68.9. The average molecular weight is 1360 g/mol. The van der Waals surface area contributed by atoms with E-state index in [0.29, 0.717) is 12.8 Å². The molecule has 0 spiro atoms. The highest BCUT2D eigenvalue weighted by Gasteiger charge is 2.54. The van der Waals surface area contributed by atoms with Crippen LogP contribution in [0.4, 0.5) is 0 Å². The number of nitrogens with one attached hydrogen (secondary N) is 1. The molecular formula is C76H145NO18. The highest BCUT2D eigenvalue weighted by molar-refractivity contribution is 5.76. The number of aliphatic hydroxyl groups is 11. The number of unbranched alkanes of at least 4 members (excludes halogenated alkanes) is 45. The van der Waals surface area contributed by atoms with Gasteiger partial charge < -0.3 is 89.9 Å². The van der Waals surface area contributed by atoms with Gasteiger partial charge in [-0.15, -0.1) is 0 Å². The maximum absolute atomic E-state index is 13.5. The van der Waals surface area contributed by atoms with Gasteiger partial charge in [-0.25, -0.2) is 0 Å². The molecule has 0 aromatic rings. The molecule has 19 heteroatoms. The Balaban J connectivity index is 1.34. The van der Waals surface area contributed by atoms with E-state index in [4.69, 9.17) is 28.4 Å². The van der Waals surface area contributed by atoms with E-state index < -0.39 is 124 Å². The van der Waals surface area contributed by atoms with E-state index in [1.165, 1.54) is 257 Å². The SMILES string of the molecule is CCCCCCCCCC/C=C\CCCCCCCCCCCCCCCCCCCCCCCC(=O)NC(COC1OC(CO)C(OC2OC(CO)C(OC3OC(CO)C(O)C(O)C3O)C(O)C2O)C(O)C1O)C(O)CCCCCCCCCCCCCCCCCCC. The first-order chi connectivity index (χ1) is 46.3. The molecule has 0 bridgehead atoms. The quantitative estimate of drug-likeness (QED) is 0.0199. The topological polar surface area (TPSA) is 307 Å². The lowest BCUT2D eigenvalue weighted by Crippen LogP contribution is -2.66. The first-order valence-electron chi connectivity index (χ1n) is 39.4. The van der Waals surface area contributed by atoms with Gasteiger partial charge in [0.05, 0.1) is 38.6 Å². The number of aliphatic hydroxyl groups excluding tert-OH is 11. The summed E-state index contributed by atoms with van der Waals surface area (Å²) in [6, 6.07) is -0.884. The van der Waals surface area contributed by atoms with Crippen LogP contribution >= 0.6 is 0 Å². The molecule has 0 aliphatic carbocycles. The van der Waals surface area contributed by atoms with E-state index in [9.17, 15) is 61.0 Å². The van der Waals surface area contributed by atoms with E-state index >= 15 is 0 Å². The van der Waals surface area contributed by atoms with Crippen LogP contribution in [0.3, 0.4) is 0 Å². The third kappa shape index (κ3) is 39.0. The lowest BCUT2D eigenvalue weighted by Gasteiger charge is -2.48. The molecule has 17 atom stereocenters. The Labute approximate surface area is 576 Å². The van der Waals surface area contributed by atoms with Gasteiger partial charge in [0, 0.05) is 6.42 Å². The minimum Gasteiger partial charge on any atom is -0.394 e. The highest BCUT2D eigenvalue weighted by atomic mass is 16.8. The van der Waals surface area contributed by atoms with Crippen LogP contribution in [0.1, 0.15) is 335 Å². The fourth-order valence-corrected chi connectivity index (χ4v) is 13.7. The van der Waals surface area contributed by atoms with Gasteiger partial charge in [-0.1, -0.05) is 302 Å². The summed E-state index contributed by atoms with van der Waals surface area (Å²) in [6.07, 6.45) is 40.2. The summed E-state index contributed by atoms with van der Waals surface area (Å²) < 4.78 is 34.5. The lowest BCUT2D eigenvalue weighted by atomic mass is 9.96. The number of hydrogen-bond donors (Lipinski definition) is 12. The van der Waals surface area contributed by atoms with Gasteiger partial charge in [0.2, 0.25) is 5.91 Å². The molecule has 17 unspecified atom stereocenters. The molecule has 0 aromatic carbocycles. The van der Waals surface area contributed by atoms with Gasteiger partial charge >= 0.3 is 0 Å². The van der Waals surface area contributed by atoms with Gasteiger partial charge in [-0.05, 0) is 38.5 Å². The Bertz CT molecular complexity index is 1770. The van der Waals surface area contributed by atoms with E-state index in [0.717, 1.165) is 44.9 Å². The standard InChI is InChI=1S/C76H145NO18/c1-3-5-7-9-11-13-15-17-19-21-22-23-24-25-26-27-28-29-30-31-32-33-34-35-36-38-40-42-44-46-48-50-52-54-64(82)77-59(60(81)53-51-49-47-45-43-41-39-37-20-18-16-14-12-10-8-6-4-2)58-90-74-70(88)67(85)72(62(56-79)92-74)95-76-71(89)68(86)73(63(57-80)93-76)94-75-69(87)66(84)65(83)61(55-78)91-75/h21-22,59-63,65-76,78-81,83-89H,3-20,23-58H2,1-2H3,(H,77,82)/b22-21-. The van der Waals surface area contributed by atoms with Crippen molar-refractivity contribution in [2.75, 3.05) is 26.4 Å². The third-order valence-corrected chi connectivity index (χ3v) is 20.1. The molecule has 3 saturated heterocycles. The molecule has 3 fully saturated rings. The van der Waals surface area contributed by atoms with E-state index in [2.05, 4.69) is 31.3 Å². The van der Waals surface area contributed by atoms with Crippen molar-refractivity contribution in [3.8, 4) is 0 Å². The van der Waals surface area contributed by atoms with Crippen LogP contribution in [0, 0.1) is 0 Å². The second-order valence-corrected chi connectivity index (χ2v) is 28.5. The monoisotopic (exact) mass is 1360 g/mol. The predicted molar refractivity (Wildman–Crippen MR) is 374 cm³/mol. The van der Waals surface area contributed by atoms with Crippen molar-refractivity contribution in [2.45, 2.75) is 439 Å². The number of allylic oxidation sites excluding steroid dienone is 2. The summed E-state index contributed by atoms with van der Waals surface area (Å²) in [5, 5.41) is 121. The minimum atomic E-state index is -1.97. The molecule has 1 amide bonds. The maximum Gasteiger partial charge on any atom is 0.220 e. The van der Waals surface area contributed by atoms with Gasteiger partial charge in [0.1, 0.15) is 73.2 Å². The summed E-state index contributed by atoms with van der Waals surface area (Å²) in [5.74, 6) is -0.235. The normalized spacial score (nSPS) is 27.2. The molecule has 3 heterocycles. The Morgan fingerprint density at radius 2 is 0.663 bits per heavy atom. The Morgan fingerprint density at radius 3 is 1.02 bits per heavy atom. The summed E-state index contributed by atoms with van der Waals surface area (Å²) in [7, 11) is 0. The molecule has 3 aliphatic rings. The summed E-state index contributed by atoms with van der Waals surface area (Å²) >= 11 is 0. The number of carbonyl (C=O) groups is 1. The van der Waals surface area contributed by atoms with Crippen molar-refractivity contribution >= 4 is 5.91 Å². The average Bonchev–Trinajstić information content (AvgIpc) is 0.786. The van der Waals surface area contributed by atoms with Crippen molar-refractivity contribution in [1.29, 1.82) is 0 Å². The molecule has 3 rings (SSSR count). The maximum atomic E-state index is 13.5. The fraction of sp³-hybridized carbons (Fsp3) is 0.961. The zero-order valence-corrected chi connectivity index (χ0v) is 59.9. The smallest absolute Gasteiger partial charge is 0.220 e. The molecule has 12 N–H and O–H groups in total. The van der Waals surface area contributed by atoms with Gasteiger partial charge in [0.15, 0.2) is 18.9 Å². The minimum absolute atomic E-state index is 0.235. The van der Waals surface area contributed by atoms with Crippen molar-refractivity contribution in [1.82, 2.24) is 5.32 Å². The van der Waals surface area contributed by atoms with Crippen LogP contribution in [0.2, 0.25) is 0 Å². The summed E-state index contributed by atoms with van der Waals surface area (Å²) in [5.41, 5.74) is 0. The van der Waals surface area contributed by atoms with Crippen LogP contribution in [-0.2, 0) is 33.2 Å². The zero-order valence-electron chi connectivity index (χ0n) is 59.9. The molecule has 95 heavy (non-hydrogen) atoms. The molecule has 19 nitrogen and oxygen atoms in total. The van der Waals surface area contributed by atoms with Crippen molar-refractivity contribution < 1.29 is 89.4 Å². The van der Waals surface area contributed by atoms with E-state index in [1.54, 1.807) is 0 Å². The molecular weight excluding hydrogens is 1210 g/mol. The van der Waals surface area contributed by atoms with Crippen LogP contribution in [0.15, 0.2) is 12.2 Å². The van der Waals surface area contributed by atoms with Crippen molar-refractivity contribution in [2.24, 2.45) is 0 Å².